The summed E-state index contributed by atoms with van der Waals surface area (Å²) >= 11 is 0. The van der Waals surface area contributed by atoms with Crippen molar-refractivity contribution in [3.05, 3.63) is 47.0 Å². The first kappa shape index (κ1) is 15.7. The summed E-state index contributed by atoms with van der Waals surface area (Å²) in [4.78, 5) is 4.39. The molecular formula is C17H26N4. The Bertz CT molecular complexity index is 574. The van der Waals surface area contributed by atoms with Crippen LogP contribution >= 0.6 is 0 Å². The van der Waals surface area contributed by atoms with Crippen LogP contribution in [0.25, 0.3) is 0 Å². The van der Waals surface area contributed by atoms with Crippen molar-refractivity contribution in [2.24, 2.45) is 0 Å². The van der Waals surface area contributed by atoms with E-state index in [1.165, 1.54) is 16.7 Å². The smallest absolute Gasteiger partial charge is 0.138 e. The molecule has 0 fully saturated rings. The fourth-order valence-corrected chi connectivity index (χ4v) is 2.65. The van der Waals surface area contributed by atoms with E-state index in [1.807, 2.05) is 4.68 Å². The zero-order valence-electron chi connectivity index (χ0n) is 13.6. The fraction of sp³-hybridized carbons (Fsp3) is 0.529. The van der Waals surface area contributed by atoms with Crippen LogP contribution in [0.1, 0.15) is 36.4 Å². The van der Waals surface area contributed by atoms with Crippen LogP contribution in [-0.4, -0.2) is 27.4 Å². The van der Waals surface area contributed by atoms with E-state index < -0.39 is 0 Å². The van der Waals surface area contributed by atoms with Crippen LogP contribution < -0.4 is 5.32 Å². The summed E-state index contributed by atoms with van der Waals surface area (Å²) in [5, 5.41) is 7.83. The topological polar surface area (TPSA) is 42.7 Å². The Labute approximate surface area is 127 Å². The highest BCUT2D eigenvalue weighted by molar-refractivity contribution is 5.30. The summed E-state index contributed by atoms with van der Waals surface area (Å²) in [6.07, 6.45) is 3.58. The van der Waals surface area contributed by atoms with Gasteiger partial charge in [-0.05, 0) is 50.4 Å². The molecule has 0 aliphatic rings. The van der Waals surface area contributed by atoms with Crippen molar-refractivity contribution >= 4 is 0 Å². The minimum Gasteiger partial charge on any atom is -0.313 e. The first-order valence-electron chi connectivity index (χ1n) is 7.80. The van der Waals surface area contributed by atoms with Gasteiger partial charge >= 0.3 is 0 Å². The number of hydrogen-bond acceptors (Lipinski definition) is 3. The van der Waals surface area contributed by atoms with Crippen LogP contribution in [0.5, 0.6) is 0 Å². The van der Waals surface area contributed by atoms with Gasteiger partial charge in [-0.15, -0.1) is 0 Å². The lowest BCUT2D eigenvalue weighted by Gasteiger charge is -2.18. The van der Waals surface area contributed by atoms with Gasteiger partial charge in [0.25, 0.3) is 0 Å². The van der Waals surface area contributed by atoms with E-state index in [0.717, 1.165) is 31.8 Å². The lowest BCUT2D eigenvalue weighted by molar-refractivity contribution is 0.490. The predicted octanol–water partition coefficient (Wildman–Crippen LogP) is 2.68. The van der Waals surface area contributed by atoms with E-state index in [-0.39, 0.29) is 0 Å². The second-order valence-electron chi connectivity index (χ2n) is 5.57. The highest BCUT2D eigenvalue weighted by atomic mass is 15.3. The van der Waals surface area contributed by atoms with E-state index in [1.54, 1.807) is 6.33 Å². The normalized spacial score (nSPS) is 12.6. The Morgan fingerprint density at radius 3 is 2.62 bits per heavy atom. The van der Waals surface area contributed by atoms with Crippen LogP contribution in [0.3, 0.4) is 0 Å². The Morgan fingerprint density at radius 2 is 1.95 bits per heavy atom. The maximum atomic E-state index is 4.39. The number of hydrogen-bond donors (Lipinski definition) is 1. The van der Waals surface area contributed by atoms with E-state index in [0.29, 0.717) is 6.04 Å². The van der Waals surface area contributed by atoms with Crippen molar-refractivity contribution in [3.8, 4) is 0 Å². The van der Waals surface area contributed by atoms with Gasteiger partial charge in [-0.3, -0.25) is 4.68 Å². The van der Waals surface area contributed by atoms with Crippen molar-refractivity contribution in [2.45, 2.75) is 53.1 Å². The molecular weight excluding hydrogens is 260 g/mol. The molecule has 1 aromatic carbocycles. The molecule has 4 nitrogen and oxygen atoms in total. The SMILES string of the molecule is CCNC(Cc1ccc(C)c(C)c1)Cc1ncnn1CC. The van der Waals surface area contributed by atoms with Crippen LogP contribution in [0, 0.1) is 13.8 Å². The highest BCUT2D eigenvalue weighted by Gasteiger charge is 2.13. The summed E-state index contributed by atoms with van der Waals surface area (Å²) in [5.41, 5.74) is 4.09. The summed E-state index contributed by atoms with van der Waals surface area (Å²) in [6.45, 7) is 10.4. The number of nitrogens with one attached hydrogen (secondary N) is 1. The van der Waals surface area contributed by atoms with Gasteiger partial charge in [-0.25, -0.2) is 4.98 Å². The number of benzene rings is 1. The number of rotatable bonds is 7. The molecule has 0 aliphatic carbocycles. The lowest BCUT2D eigenvalue weighted by atomic mass is 9.99. The Morgan fingerprint density at radius 1 is 1.14 bits per heavy atom. The number of aromatic nitrogens is 3. The molecule has 0 amide bonds. The summed E-state index contributed by atoms with van der Waals surface area (Å²) < 4.78 is 1.98. The van der Waals surface area contributed by atoms with Gasteiger partial charge in [0.1, 0.15) is 12.2 Å². The molecule has 0 saturated heterocycles. The summed E-state index contributed by atoms with van der Waals surface area (Å²) in [7, 11) is 0. The molecule has 21 heavy (non-hydrogen) atoms. The average Bonchev–Trinajstić information content (AvgIpc) is 2.90. The van der Waals surface area contributed by atoms with Gasteiger partial charge in [-0.1, -0.05) is 25.1 Å². The van der Waals surface area contributed by atoms with Gasteiger partial charge < -0.3 is 5.32 Å². The van der Waals surface area contributed by atoms with Crippen LogP contribution in [0.2, 0.25) is 0 Å². The maximum absolute atomic E-state index is 4.39. The van der Waals surface area contributed by atoms with Crippen molar-refractivity contribution < 1.29 is 0 Å². The monoisotopic (exact) mass is 286 g/mol. The van der Waals surface area contributed by atoms with E-state index >= 15 is 0 Å². The van der Waals surface area contributed by atoms with Crippen LogP contribution in [-0.2, 0) is 19.4 Å². The third-order valence-corrected chi connectivity index (χ3v) is 3.97. The minimum absolute atomic E-state index is 0.395. The third-order valence-electron chi connectivity index (χ3n) is 3.97. The second-order valence-corrected chi connectivity index (χ2v) is 5.57. The maximum Gasteiger partial charge on any atom is 0.138 e. The van der Waals surface area contributed by atoms with Gasteiger partial charge in [0.05, 0.1) is 0 Å². The molecule has 1 N–H and O–H groups in total. The van der Waals surface area contributed by atoms with Gasteiger partial charge in [-0.2, -0.15) is 5.10 Å². The molecule has 2 rings (SSSR count). The molecule has 1 unspecified atom stereocenters. The molecule has 0 bridgehead atoms. The van der Waals surface area contributed by atoms with Crippen LogP contribution in [0.4, 0.5) is 0 Å². The Balaban J connectivity index is 2.09. The van der Waals surface area contributed by atoms with Crippen molar-refractivity contribution in [1.29, 1.82) is 0 Å². The van der Waals surface area contributed by atoms with Crippen molar-refractivity contribution in [3.63, 3.8) is 0 Å². The number of nitrogens with zero attached hydrogens (tertiary/aromatic N) is 3. The molecule has 4 heteroatoms. The van der Waals surface area contributed by atoms with Gasteiger partial charge in [0, 0.05) is 19.0 Å². The Kier molecular flexibility index (Phi) is 5.51. The first-order chi connectivity index (χ1) is 10.1. The van der Waals surface area contributed by atoms with E-state index in [9.17, 15) is 0 Å². The predicted molar refractivity (Wildman–Crippen MR) is 86.5 cm³/mol. The highest BCUT2D eigenvalue weighted by Crippen LogP contribution is 2.13. The van der Waals surface area contributed by atoms with Gasteiger partial charge in [0.2, 0.25) is 0 Å². The first-order valence-corrected chi connectivity index (χ1v) is 7.80. The molecule has 2 aromatic rings. The molecule has 114 valence electrons. The molecule has 1 aromatic heterocycles. The van der Waals surface area contributed by atoms with Crippen molar-refractivity contribution in [1.82, 2.24) is 20.1 Å². The average molecular weight is 286 g/mol. The van der Waals surface area contributed by atoms with Gasteiger partial charge in [0.15, 0.2) is 0 Å². The number of aryl methyl sites for hydroxylation is 3. The zero-order chi connectivity index (χ0) is 15.2. The third kappa shape index (κ3) is 4.14. The molecule has 0 spiro atoms. The molecule has 0 radical (unpaired) electrons. The summed E-state index contributed by atoms with van der Waals surface area (Å²) in [5.74, 6) is 1.06. The standard InChI is InChI=1S/C17H26N4/c1-5-18-16(11-17-19-12-20-21(17)6-2)10-15-8-7-13(3)14(4)9-15/h7-9,12,16,18H,5-6,10-11H2,1-4H3. The van der Waals surface area contributed by atoms with E-state index in [4.69, 9.17) is 0 Å². The second kappa shape index (κ2) is 7.36. The minimum atomic E-state index is 0.395. The largest absolute Gasteiger partial charge is 0.313 e. The quantitative estimate of drug-likeness (QED) is 0.851. The molecule has 0 saturated carbocycles. The van der Waals surface area contributed by atoms with E-state index in [2.05, 4.69) is 61.3 Å². The molecule has 0 aliphatic heterocycles. The van der Waals surface area contributed by atoms with Crippen molar-refractivity contribution in [2.75, 3.05) is 6.54 Å². The molecule has 1 heterocycles. The van der Waals surface area contributed by atoms with Crippen LogP contribution in [0.15, 0.2) is 24.5 Å². The number of likely N-dealkylation sites (N-methyl/N-ethyl adjacent to an activating group) is 1. The molecule has 1 atom stereocenters. The lowest BCUT2D eigenvalue weighted by Crippen LogP contribution is -2.34. The Hall–Kier alpha value is -1.68. The summed E-state index contributed by atoms with van der Waals surface area (Å²) in [6, 6.07) is 7.13. The fourth-order valence-electron chi connectivity index (χ4n) is 2.65. The zero-order valence-corrected chi connectivity index (χ0v) is 13.6.